The fourth-order valence-corrected chi connectivity index (χ4v) is 3.85. The van der Waals surface area contributed by atoms with Gasteiger partial charge in [-0.25, -0.2) is 4.57 Å². The van der Waals surface area contributed by atoms with E-state index in [4.69, 9.17) is 0 Å². The summed E-state index contributed by atoms with van der Waals surface area (Å²) in [5, 5.41) is 12.5. The maximum atomic E-state index is 13.2. The van der Waals surface area contributed by atoms with Crippen LogP contribution in [0.5, 0.6) is 5.88 Å². The second-order valence-electron chi connectivity index (χ2n) is 7.08. The number of aromatic hydroxyl groups is 1. The predicted molar refractivity (Wildman–Crippen MR) is 118 cm³/mol. The summed E-state index contributed by atoms with van der Waals surface area (Å²) < 4.78 is 1.39. The molecule has 0 unspecified atom stereocenters. The van der Waals surface area contributed by atoms with Gasteiger partial charge in [0.2, 0.25) is 5.88 Å². The number of hydrogen-bond acceptors (Lipinski definition) is 3. The molecule has 0 saturated carbocycles. The molecule has 4 heteroatoms. The Bertz CT molecular complexity index is 1390. The van der Waals surface area contributed by atoms with Crippen LogP contribution in [-0.2, 0) is 0 Å². The van der Waals surface area contributed by atoms with Gasteiger partial charge < -0.3 is 5.11 Å². The van der Waals surface area contributed by atoms with Crippen molar-refractivity contribution >= 4 is 34.3 Å². The highest BCUT2D eigenvalue weighted by atomic mass is 16.3. The molecule has 4 aromatic rings. The number of benzene rings is 3. The molecular formula is C25H18N2O2. The van der Waals surface area contributed by atoms with Crippen LogP contribution in [-0.4, -0.2) is 15.9 Å². The van der Waals surface area contributed by atoms with E-state index in [-0.39, 0.29) is 11.4 Å². The molecule has 0 amide bonds. The van der Waals surface area contributed by atoms with Crippen LogP contribution >= 0.6 is 0 Å². The molecule has 0 atom stereocenters. The number of pyridine rings is 1. The Morgan fingerprint density at radius 3 is 2.41 bits per heavy atom. The molecule has 29 heavy (non-hydrogen) atoms. The van der Waals surface area contributed by atoms with Crippen molar-refractivity contribution in [2.75, 3.05) is 0 Å². The molecule has 0 fully saturated rings. The largest absolute Gasteiger partial charge is 0.494 e. The molecule has 1 aliphatic rings. The van der Waals surface area contributed by atoms with E-state index < -0.39 is 0 Å². The van der Waals surface area contributed by atoms with Gasteiger partial charge in [0.05, 0.1) is 11.4 Å². The molecule has 0 spiro atoms. The molecule has 2 heterocycles. The van der Waals surface area contributed by atoms with Crippen molar-refractivity contribution in [3.8, 4) is 11.6 Å². The Morgan fingerprint density at radius 2 is 1.59 bits per heavy atom. The van der Waals surface area contributed by atoms with Gasteiger partial charge in [0.15, 0.2) is 0 Å². The molecule has 4 nitrogen and oxygen atoms in total. The summed E-state index contributed by atoms with van der Waals surface area (Å²) in [7, 11) is 0. The molecule has 140 valence electrons. The number of rotatable bonds is 2. The Hall–Kier alpha value is -3.92. The summed E-state index contributed by atoms with van der Waals surface area (Å²) in [6.45, 7) is 1.93. The normalized spacial score (nSPS) is 13.9. The van der Waals surface area contributed by atoms with Crippen molar-refractivity contribution in [3.63, 3.8) is 0 Å². The third kappa shape index (κ3) is 2.69. The maximum absolute atomic E-state index is 13.2. The Morgan fingerprint density at radius 1 is 0.897 bits per heavy atom. The van der Waals surface area contributed by atoms with Crippen molar-refractivity contribution in [2.24, 2.45) is 4.99 Å². The lowest BCUT2D eigenvalue weighted by molar-refractivity contribution is 0.435. The van der Waals surface area contributed by atoms with E-state index in [1.165, 1.54) is 4.57 Å². The Labute approximate surface area is 167 Å². The van der Waals surface area contributed by atoms with Gasteiger partial charge in [0.25, 0.3) is 5.56 Å². The summed E-state index contributed by atoms with van der Waals surface area (Å²) >= 11 is 0. The van der Waals surface area contributed by atoms with Gasteiger partial charge in [0.1, 0.15) is 0 Å². The van der Waals surface area contributed by atoms with Crippen LogP contribution in [0.25, 0.3) is 28.1 Å². The molecule has 1 N–H and O–H groups in total. The van der Waals surface area contributed by atoms with E-state index in [0.717, 1.165) is 22.4 Å². The number of aryl methyl sites for hydroxylation is 1. The number of aromatic nitrogens is 1. The van der Waals surface area contributed by atoms with Crippen LogP contribution in [0.4, 0.5) is 5.69 Å². The highest BCUT2D eigenvalue weighted by Crippen LogP contribution is 2.36. The molecule has 0 radical (unpaired) electrons. The zero-order valence-corrected chi connectivity index (χ0v) is 15.8. The van der Waals surface area contributed by atoms with Gasteiger partial charge in [-0.3, -0.25) is 9.79 Å². The van der Waals surface area contributed by atoms with Crippen LogP contribution in [0.3, 0.4) is 0 Å². The minimum Gasteiger partial charge on any atom is -0.494 e. The van der Waals surface area contributed by atoms with Crippen molar-refractivity contribution in [1.82, 2.24) is 4.57 Å². The predicted octanol–water partition coefficient (Wildman–Crippen LogP) is 5.26. The fourth-order valence-electron chi connectivity index (χ4n) is 3.85. The summed E-state index contributed by atoms with van der Waals surface area (Å²) in [6, 6.07) is 22.8. The van der Waals surface area contributed by atoms with Gasteiger partial charge in [0, 0.05) is 28.3 Å². The molecular weight excluding hydrogens is 360 g/mol. The second kappa shape index (κ2) is 6.60. The van der Waals surface area contributed by atoms with E-state index in [1.807, 2.05) is 79.7 Å². The average molecular weight is 378 g/mol. The summed E-state index contributed by atoms with van der Waals surface area (Å²) in [6.07, 6.45) is 3.70. The lowest BCUT2D eigenvalue weighted by Crippen LogP contribution is -2.20. The summed E-state index contributed by atoms with van der Waals surface area (Å²) in [4.78, 5) is 17.7. The standard InChI is InChI=1S/C25H18N2O2/c1-16-8-2-7-13-23(16)27-24(28)20-11-4-3-10-19(20)21(25(27)29)14-17-15-26-22-12-6-5-9-18(17)22/h2-15,29H,1H3/b17-14+. The van der Waals surface area contributed by atoms with Crippen LogP contribution in [0.1, 0.15) is 16.7 Å². The minimum absolute atomic E-state index is 0.0757. The van der Waals surface area contributed by atoms with Gasteiger partial charge >= 0.3 is 0 Å². The zero-order chi connectivity index (χ0) is 20.0. The molecule has 0 saturated heterocycles. The van der Waals surface area contributed by atoms with Gasteiger partial charge in [-0.05, 0) is 42.1 Å². The van der Waals surface area contributed by atoms with E-state index in [0.29, 0.717) is 22.0 Å². The Kier molecular flexibility index (Phi) is 3.91. The lowest BCUT2D eigenvalue weighted by atomic mass is 10.0. The zero-order valence-electron chi connectivity index (χ0n) is 15.8. The van der Waals surface area contributed by atoms with Crippen LogP contribution in [0, 0.1) is 6.92 Å². The topological polar surface area (TPSA) is 54.6 Å². The minimum atomic E-state index is -0.241. The summed E-state index contributed by atoms with van der Waals surface area (Å²) in [5.74, 6) is -0.0757. The lowest BCUT2D eigenvalue weighted by Gasteiger charge is -2.16. The average Bonchev–Trinajstić information content (AvgIpc) is 3.15. The Balaban J connectivity index is 1.86. The molecule has 1 aromatic heterocycles. The second-order valence-corrected chi connectivity index (χ2v) is 7.08. The highest BCUT2D eigenvalue weighted by Gasteiger charge is 2.19. The van der Waals surface area contributed by atoms with Crippen LogP contribution in [0.2, 0.25) is 0 Å². The number of fused-ring (bicyclic) bond motifs is 2. The SMILES string of the molecule is Cc1ccccc1-n1c(O)c(/C=C2\C=Nc3ccccc32)c2ccccc2c1=O. The van der Waals surface area contributed by atoms with E-state index in [1.54, 1.807) is 12.3 Å². The number of para-hydroxylation sites is 2. The van der Waals surface area contributed by atoms with Gasteiger partial charge in [-0.15, -0.1) is 0 Å². The van der Waals surface area contributed by atoms with Gasteiger partial charge in [-0.2, -0.15) is 0 Å². The number of aliphatic imine (C=N–C) groups is 1. The van der Waals surface area contributed by atoms with Crippen LogP contribution in [0.15, 0.2) is 82.6 Å². The quantitative estimate of drug-likeness (QED) is 0.517. The molecule has 0 bridgehead atoms. The molecule has 3 aromatic carbocycles. The molecule has 1 aliphatic heterocycles. The fraction of sp³-hybridized carbons (Fsp3) is 0.0400. The molecule has 5 rings (SSSR count). The van der Waals surface area contributed by atoms with Crippen molar-refractivity contribution in [3.05, 3.63) is 99.8 Å². The van der Waals surface area contributed by atoms with E-state index in [2.05, 4.69) is 4.99 Å². The number of allylic oxidation sites excluding steroid dienone is 1. The van der Waals surface area contributed by atoms with Crippen LogP contribution < -0.4 is 5.56 Å². The smallest absolute Gasteiger partial charge is 0.265 e. The first-order valence-electron chi connectivity index (χ1n) is 9.43. The third-order valence-electron chi connectivity index (χ3n) is 5.32. The summed E-state index contributed by atoms with van der Waals surface area (Å²) in [5.41, 5.74) is 4.74. The number of hydrogen-bond donors (Lipinski definition) is 1. The molecule has 0 aliphatic carbocycles. The highest BCUT2D eigenvalue weighted by molar-refractivity contribution is 6.22. The van der Waals surface area contributed by atoms with Crippen molar-refractivity contribution in [1.29, 1.82) is 0 Å². The first-order chi connectivity index (χ1) is 14.1. The first kappa shape index (κ1) is 17.2. The van der Waals surface area contributed by atoms with E-state index >= 15 is 0 Å². The van der Waals surface area contributed by atoms with Gasteiger partial charge in [-0.1, -0.05) is 54.6 Å². The third-order valence-corrected chi connectivity index (χ3v) is 5.32. The van der Waals surface area contributed by atoms with Crippen molar-refractivity contribution < 1.29 is 5.11 Å². The maximum Gasteiger partial charge on any atom is 0.265 e. The van der Waals surface area contributed by atoms with E-state index in [9.17, 15) is 9.90 Å². The number of nitrogens with zero attached hydrogens (tertiary/aromatic N) is 2. The van der Waals surface area contributed by atoms with Crippen molar-refractivity contribution in [2.45, 2.75) is 6.92 Å². The monoisotopic (exact) mass is 378 g/mol. The first-order valence-corrected chi connectivity index (χ1v) is 9.43.